The standard InChI is InChI=1S/C25H31Br2N5O3/c1-15-10-16-11-22(34-4)23(35-5)13-17(16)24(29-32(15)25(33)28-2)18-12-21(20(27)14-19(18)26)31-8-6-30(3)7-9-31/h11-15H,6-10H2,1-5H3,(H,28,33). The number of rotatable bonds is 4. The first-order valence-electron chi connectivity index (χ1n) is 11.5. The van der Waals surface area contributed by atoms with Crippen molar-refractivity contribution in [2.45, 2.75) is 19.4 Å². The maximum atomic E-state index is 12.8. The number of halogens is 2. The van der Waals surface area contributed by atoms with Gasteiger partial charge >= 0.3 is 6.03 Å². The number of amides is 2. The number of carbonyl (C=O) groups excluding carboxylic acids is 1. The summed E-state index contributed by atoms with van der Waals surface area (Å²) in [6.07, 6.45) is 0.621. The Morgan fingerprint density at radius 2 is 1.66 bits per heavy atom. The van der Waals surface area contributed by atoms with Crippen molar-refractivity contribution in [1.82, 2.24) is 15.2 Å². The Kier molecular flexibility index (Phi) is 7.92. The highest BCUT2D eigenvalue weighted by Gasteiger charge is 2.30. The summed E-state index contributed by atoms with van der Waals surface area (Å²) in [6.45, 7) is 5.87. The summed E-state index contributed by atoms with van der Waals surface area (Å²) in [6, 6.07) is 7.74. The van der Waals surface area contributed by atoms with E-state index in [1.807, 2.05) is 19.1 Å². The number of nitrogens with zero attached hydrogens (tertiary/aromatic N) is 4. The van der Waals surface area contributed by atoms with E-state index >= 15 is 0 Å². The highest BCUT2D eigenvalue weighted by Crippen LogP contribution is 2.38. The number of benzene rings is 2. The van der Waals surface area contributed by atoms with Crippen LogP contribution in [-0.2, 0) is 6.42 Å². The van der Waals surface area contributed by atoms with E-state index in [-0.39, 0.29) is 12.1 Å². The number of piperazine rings is 1. The quantitative estimate of drug-likeness (QED) is 0.560. The predicted molar refractivity (Wildman–Crippen MR) is 146 cm³/mol. The minimum absolute atomic E-state index is 0.157. The molecule has 2 aromatic rings. The van der Waals surface area contributed by atoms with Crippen molar-refractivity contribution in [1.29, 1.82) is 0 Å². The maximum absolute atomic E-state index is 12.8. The number of hydrazone groups is 1. The van der Waals surface area contributed by atoms with Gasteiger partial charge in [0.25, 0.3) is 0 Å². The Labute approximate surface area is 223 Å². The van der Waals surface area contributed by atoms with E-state index in [9.17, 15) is 4.79 Å². The number of ether oxygens (including phenoxy) is 2. The third kappa shape index (κ3) is 5.15. The summed E-state index contributed by atoms with van der Waals surface area (Å²) in [5.74, 6) is 1.27. The lowest BCUT2D eigenvalue weighted by molar-refractivity contribution is 0.184. The second-order valence-corrected chi connectivity index (χ2v) is 10.5. The van der Waals surface area contributed by atoms with Gasteiger partial charge in [0.1, 0.15) is 0 Å². The molecule has 2 heterocycles. The van der Waals surface area contributed by atoms with Crippen LogP contribution in [0.3, 0.4) is 0 Å². The lowest BCUT2D eigenvalue weighted by Crippen LogP contribution is -2.44. The fourth-order valence-corrected chi connectivity index (χ4v) is 5.98. The number of urea groups is 1. The molecular formula is C25H31Br2N5O3. The zero-order valence-electron chi connectivity index (χ0n) is 20.7. The van der Waals surface area contributed by atoms with Crippen LogP contribution in [0.1, 0.15) is 23.6 Å². The number of anilines is 1. The summed E-state index contributed by atoms with van der Waals surface area (Å²) in [5.41, 5.74) is 4.65. The first-order chi connectivity index (χ1) is 16.8. The summed E-state index contributed by atoms with van der Waals surface area (Å²) < 4.78 is 13.1. The number of hydrogen-bond acceptors (Lipinski definition) is 6. The van der Waals surface area contributed by atoms with E-state index in [0.717, 1.165) is 57.5 Å². The van der Waals surface area contributed by atoms with E-state index < -0.39 is 0 Å². The molecule has 188 valence electrons. The van der Waals surface area contributed by atoms with Crippen LogP contribution in [0, 0.1) is 0 Å². The highest BCUT2D eigenvalue weighted by molar-refractivity contribution is 9.11. The van der Waals surface area contributed by atoms with Crippen LogP contribution in [-0.4, -0.2) is 82.2 Å². The van der Waals surface area contributed by atoms with Gasteiger partial charge in [-0.25, -0.2) is 9.80 Å². The van der Waals surface area contributed by atoms with Crippen LogP contribution in [0.4, 0.5) is 10.5 Å². The van der Waals surface area contributed by atoms with Gasteiger partial charge in [-0.1, -0.05) is 15.9 Å². The third-order valence-corrected chi connectivity index (χ3v) is 7.85. The molecule has 35 heavy (non-hydrogen) atoms. The number of fused-ring (bicyclic) bond motifs is 1. The van der Waals surface area contributed by atoms with Crippen molar-refractivity contribution in [3.05, 3.63) is 49.9 Å². The lowest BCUT2D eigenvalue weighted by Gasteiger charge is -2.35. The molecule has 1 fully saturated rings. The molecule has 0 aromatic heterocycles. The van der Waals surface area contributed by atoms with Crippen LogP contribution in [0.15, 0.2) is 38.3 Å². The average Bonchev–Trinajstić information content (AvgIpc) is 2.99. The zero-order valence-corrected chi connectivity index (χ0v) is 23.9. The average molecular weight is 609 g/mol. The second kappa shape index (κ2) is 10.8. The minimum atomic E-state index is -0.255. The van der Waals surface area contributed by atoms with E-state index in [0.29, 0.717) is 23.6 Å². The van der Waals surface area contributed by atoms with Gasteiger partial charge in [0.2, 0.25) is 0 Å². The smallest absolute Gasteiger partial charge is 0.337 e. The molecule has 2 aromatic carbocycles. The molecule has 2 amide bonds. The van der Waals surface area contributed by atoms with Crippen molar-refractivity contribution in [3.63, 3.8) is 0 Å². The van der Waals surface area contributed by atoms with Crippen molar-refractivity contribution >= 4 is 49.3 Å². The summed E-state index contributed by atoms with van der Waals surface area (Å²) in [5, 5.41) is 9.18. The van der Waals surface area contributed by atoms with Crippen LogP contribution in [0.5, 0.6) is 11.5 Å². The molecular weight excluding hydrogens is 578 g/mol. The van der Waals surface area contributed by atoms with Crippen molar-refractivity contribution in [2.75, 3.05) is 59.4 Å². The van der Waals surface area contributed by atoms with Gasteiger partial charge in [-0.15, -0.1) is 0 Å². The largest absolute Gasteiger partial charge is 0.493 e. The van der Waals surface area contributed by atoms with Gasteiger partial charge in [-0.3, -0.25) is 0 Å². The number of likely N-dealkylation sites (N-methyl/N-ethyl adjacent to an activating group) is 1. The fraction of sp³-hybridized carbons (Fsp3) is 0.440. The zero-order chi connectivity index (χ0) is 25.3. The molecule has 4 rings (SSSR count). The first kappa shape index (κ1) is 25.8. The Balaban J connectivity index is 1.92. The SMILES string of the molecule is CNC(=O)N1N=C(c2cc(N3CCN(C)CC3)c(Br)cc2Br)c2cc(OC)c(OC)cc2CC1C. The van der Waals surface area contributed by atoms with Gasteiger partial charge in [0.15, 0.2) is 11.5 Å². The normalized spacial score (nSPS) is 18.5. The topological polar surface area (TPSA) is 69.6 Å². The Hall–Kier alpha value is -2.30. The highest BCUT2D eigenvalue weighted by atomic mass is 79.9. The lowest BCUT2D eigenvalue weighted by atomic mass is 9.93. The molecule has 0 bridgehead atoms. The summed E-state index contributed by atoms with van der Waals surface area (Å²) in [4.78, 5) is 17.5. The molecule has 1 saturated heterocycles. The van der Waals surface area contributed by atoms with Gasteiger partial charge in [0, 0.05) is 53.3 Å². The van der Waals surface area contributed by atoms with Gasteiger partial charge < -0.3 is 24.6 Å². The molecule has 2 aliphatic rings. The Morgan fingerprint density at radius 1 is 1.00 bits per heavy atom. The molecule has 0 saturated carbocycles. The Bertz CT molecular complexity index is 1150. The monoisotopic (exact) mass is 607 g/mol. The number of carbonyl (C=O) groups is 1. The second-order valence-electron chi connectivity index (χ2n) is 8.84. The molecule has 1 unspecified atom stereocenters. The van der Waals surface area contributed by atoms with Gasteiger partial charge in [-0.2, -0.15) is 5.10 Å². The Morgan fingerprint density at radius 3 is 2.29 bits per heavy atom. The van der Waals surface area contributed by atoms with Crippen molar-refractivity contribution in [2.24, 2.45) is 5.10 Å². The molecule has 0 radical (unpaired) electrons. The van der Waals surface area contributed by atoms with E-state index in [1.54, 1.807) is 21.3 Å². The van der Waals surface area contributed by atoms with Crippen LogP contribution in [0.2, 0.25) is 0 Å². The van der Waals surface area contributed by atoms with Crippen LogP contribution >= 0.6 is 31.9 Å². The van der Waals surface area contributed by atoms with Gasteiger partial charge in [0.05, 0.1) is 31.7 Å². The van der Waals surface area contributed by atoms with Crippen LogP contribution < -0.4 is 19.7 Å². The van der Waals surface area contributed by atoms with Gasteiger partial charge in [-0.05, 0) is 66.2 Å². The summed E-state index contributed by atoms with van der Waals surface area (Å²) in [7, 11) is 7.02. The van der Waals surface area contributed by atoms with Crippen molar-refractivity contribution in [3.8, 4) is 11.5 Å². The molecule has 1 N–H and O–H groups in total. The first-order valence-corrected chi connectivity index (χ1v) is 13.1. The molecule has 1 atom stereocenters. The van der Waals surface area contributed by atoms with E-state index in [4.69, 9.17) is 14.6 Å². The van der Waals surface area contributed by atoms with E-state index in [1.165, 1.54) is 5.01 Å². The molecule has 10 heteroatoms. The number of hydrogen-bond donors (Lipinski definition) is 1. The number of methoxy groups -OCH3 is 2. The van der Waals surface area contributed by atoms with E-state index in [2.05, 4.69) is 66.2 Å². The summed E-state index contributed by atoms with van der Waals surface area (Å²) >= 11 is 7.53. The molecule has 0 spiro atoms. The predicted octanol–water partition coefficient (Wildman–Crippen LogP) is 4.32. The maximum Gasteiger partial charge on any atom is 0.337 e. The third-order valence-electron chi connectivity index (χ3n) is 6.56. The number of nitrogens with one attached hydrogen (secondary N) is 1. The minimum Gasteiger partial charge on any atom is -0.493 e. The van der Waals surface area contributed by atoms with Crippen molar-refractivity contribution < 1.29 is 14.3 Å². The molecule has 8 nitrogen and oxygen atoms in total. The molecule has 0 aliphatic carbocycles. The van der Waals surface area contributed by atoms with Crippen LogP contribution in [0.25, 0.3) is 0 Å². The fourth-order valence-electron chi connectivity index (χ4n) is 4.54. The molecule has 2 aliphatic heterocycles.